The second kappa shape index (κ2) is 5.18. The maximum Gasteiger partial charge on any atom is 0.248 e. The van der Waals surface area contributed by atoms with Crippen molar-refractivity contribution in [2.24, 2.45) is 0 Å². The van der Waals surface area contributed by atoms with E-state index in [0.717, 1.165) is 4.88 Å². The highest BCUT2D eigenvalue weighted by Gasteiger charge is 2.53. The Morgan fingerprint density at radius 2 is 1.57 bits per heavy atom. The van der Waals surface area contributed by atoms with Crippen LogP contribution in [0.25, 0.3) is 0 Å². The lowest BCUT2D eigenvalue weighted by atomic mass is 9.70. The second-order valence-corrected chi connectivity index (χ2v) is 6.37. The number of ketones is 1. The van der Waals surface area contributed by atoms with Gasteiger partial charge in [0.15, 0.2) is 11.2 Å². The SMILES string of the molecule is O=C1Nc2ccccc2C(=O)C1(c1ccccc1)c1cccs1. The monoisotopic (exact) mass is 319 g/mol. The normalized spacial score (nSPS) is 20.0. The first kappa shape index (κ1) is 13.9. The first-order chi connectivity index (χ1) is 11.2. The number of hydrogen-bond donors (Lipinski definition) is 1. The molecule has 2 heterocycles. The minimum atomic E-state index is -1.32. The fourth-order valence-electron chi connectivity index (χ4n) is 3.12. The number of hydrogen-bond acceptors (Lipinski definition) is 3. The zero-order chi connectivity index (χ0) is 15.9. The second-order valence-electron chi connectivity index (χ2n) is 5.42. The fourth-order valence-corrected chi connectivity index (χ4v) is 4.06. The molecule has 0 radical (unpaired) electrons. The maximum atomic E-state index is 13.4. The minimum Gasteiger partial charge on any atom is -0.324 e. The Morgan fingerprint density at radius 1 is 0.826 bits per heavy atom. The van der Waals surface area contributed by atoms with Crippen LogP contribution in [0.4, 0.5) is 5.69 Å². The zero-order valence-corrected chi connectivity index (χ0v) is 13.0. The lowest BCUT2D eigenvalue weighted by molar-refractivity contribution is -0.119. The highest BCUT2D eigenvalue weighted by atomic mass is 32.1. The summed E-state index contributed by atoms with van der Waals surface area (Å²) in [5.74, 6) is -0.472. The average molecular weight is 319 g/mol. The van der Waals surface area contributed by atoms with Crippen molar-refractivity contribution in [1.29, 1.82) is 0 Å². The number of para-hydroxylation sites is 1. The third-order valence-corrected chi connectivity index (χ3v) is 5.19. The zero-order valence-electron chi connectivity index (χ0n) is 12.2. The van der Waals surface area contributed by atoms with Crippen LogP contribution in [-0.4, -0.2) is 11.7 Å². The van der Waals surface area contributed by atoms with Gasteiger partial charge in [0.2, 0.25) is 5.91 Å². The van der Waals surface area contributed by atoms with E-state index in [1.54, 1.807) is 12.1 Å². The van der Waals surface area contributed by atoms with Crippen molar-refractivity contribution < 1.29 is 9.59 Å². The smallest absolute Gasteiger partial charge is 0.248 e. The summed E-state index contributed by atoms with van der Waals surface area (Å²) in [5.41, 5.74) is 0.499. The van der Waals surface area contributed by atoms with Crippen molar-refractivity contribution in [3.8, 4) is 0 Å². The standard InChI is InChI=1S/C19H13NO2S/c21-17-14-9-4-5-10-15(14)20-18(22)19(17,16-11-6-12-23-16)13-7-2-1-3-8-13/h1-12H,(H,20,22). The summed E-state index contributed by atoms with van der Waals surface area (Å²) >= 11 is 1.42. The third-order valence-electron chi connectivity index (χ3n) is 4.20. The Kier molecular flexibility index (Phi) is 3.13. The Bertz CT molecular complexity index is 887. The van der Waals surface area contributed by atoms with Gasteiger partial charge in [-0.05, 0) is 29.1 Å². The molecule has 0 aliphatic carbocycles. The number of rotatable bonds is 2. The van der Waals surface area contributed by atoms with Gasteiger partial charge in [-0.2, -0.15) is 0 Å². The molecule has 3 nitrogen and oxygen atoms in total. The van der Waals surface area contributed by atoms with Gasteiger partial charge in [-0.15, -0.1) is 11.3 Å². The van der Waals surface area contributed by atoms with Gasteiger partial charge in [0.25, 0.3) is 0 Å². The molecule has 1 aliphatic rings. The number of carbonyl (C=O) groups is 2. The quantitative estimate of drug-likeness (QED) is 0.729. The Labute approximate surface area is 137 Å². The van der Waals surface area contributed by atoms with Gasteiger partial charge in [0.05, 0.1) is 5.69 Å². The van der Waals surface area contributed by atoms with E-state index in [2.05, 4.69) is 5.32 Å². The van der Waals surface area contributed by atoms with Gasteiger partial charge >= 0.3 is 0 Å². The van der Waals surface area contributed by atoms with Crippen LogP contribution in [0.1, 0.15) is 20.8 Å². The van der Waals surface area contributed by atoms with Crippen molar-refractivity contribution >= 4 is 28.7 Å². The van der Waals surface area contributed by atoms with Crippen LogP contribution in [0.2, 0.25) is 0 Å². The Hall–Kier alpha value is -2.72. The first-order valence-electron chi connectivity index (χ1n) is 7.29. The van der Waals surface area contributed by atoms with Gasteiger partial charge in [-0.3, -0.25) is 9.59 Å². The predicted molar refractivity (Wildman–Crippen MR) is 90.9 cm³/mol. The molecule has 1 N–H and O–H groups in total. The molecule has 4 heteroatoms. The van der Waals surface area contributed by atoms with Crippen LogP contribution in [0, 0.1) is 0 Å². The summed E-state index contributed by atoms with van der Waals surface area (Å²) in [6.07, 6.45) is 0. The molecule has 0 saturated carbocycles. The van der Waals surface area contributed by atoms with E-state index in [1.807, 2.05) is 60.0 Å². The molecule has 1 aromatic heterocycles. The predicted octanol–water partition coefficient (Wildman–Crippen LogP) is 3.87. The number of amides is 1. The molecule has 23 heavy (non-hydrogen) atoms. The van der Waals surface area contributed by atoms with E-state index < -0.39 is 5.41 Å². The first-order valence-corrected chi connectivity index (χ1v) is 8.17. The van der Waals surface area contributed by atoms with Crippen LogP contribution >= 0.6 is 11.3 Å². The van der Waals surface area contributed by atoms with E-state index in [4.69, 9.17) is 0 Å². The van der Waals surface area contributed by atoms with E-state index in [-0.39, 0.29) is 11.7 Å². The molecule has 1 amide bonds. The third kappa shape index (κ3) is 1.88. The summed E-state index contributed by atoms with van der Waals surface area (Å²) in [6, 6.07) is 20.1. The summed E-state index contributed by atoms with van der Waals surface area (Å²) in [5, 5.41) is 4.80. The molecule has 0 fully saturated rings. The van der Waals surface area contributed by atoms with Crippen LogP contribution in [-0.2, 0) is 10.2 Å². The molecule has 1 aliphatic heterocycles. The lowest BCUT2D eigenvalue weighted by Crippen LogP contribution is -2.51. The highest BCUT2D eigenvalue weighted by molar-refractivity contribution is 7.10. The summed E-state index contributed by atoms with van der Waals surface area (Å²) < 4.78 is 0. The summed E-state index contributed by atoms with van der Waals surface area (Å²) in [4.78, 5) is 27.2. The number of nitrogens with one attached hydrogen (secondary N) is 1. The van der Waals surface area contributed by atoms with Crippen LogP contribution in [0.5, 0.6) is 0 Å². The molecule has 1 unspecified atom stereocenters. The van der Waals surface area contributed by atoms with Gasteiger partial charge in [0.1, 0.15) is 0 Å². The molecule has 4 rings (SSSR count). The molecular weight excluding hydrogens is 306 g/mol. The number of carbonyl (C=O) groups excluding carboxylic acids is 2. The van der Waals surface area contributed by atoms with E-state index in [0.29, 0.717) is 16.8 Å². The minimum absolute atomic E-state index is 0.175. The maximum absolute atomic E-state index is 13.4. The molecule has 0 bridgehead atoms. The molecule has 3 aromatic rings. The highest BCUT2D eigenvalue weighted by Crippen LogP contribution is 2.43. The van der Waals surface area contributed by atoms with E-state index >= 15 is 0 Å². The average Bonchev–Trinajstić information content (AvgIpc) is 3.11. The van der Waals surface area contributed by atoms with Gasteiger partial charge in [0, 0.05) is 10.4 Å². The molecule has 0 spiro atoms. The van der Waals surface area contributed by atoms with Crippen molar-refractivity contribution in [1.82, 2.24) is 0 Å². The van der Waals surface area contributed by atoms with E-state index in [9.17, 15) is 9.59 Å². The molecule has 2 aromatic carbocycles. The van der Waals surface area contributed by atoms with Crippen LogP contribution < -0.4 is 5.32 Å². The molecule has 112 valence electrons. The lowest BCUT2D eigenvalue weighted by Gasteiger charge is -2.35. The van der Waals surface area contributed by atoms with Gasteiger partial charge < -0.3 is 5.32 Å². The topological polar surface area (TPSA) is 46.2 Å². The van der Waals surface area contributed by atoms with Crippen molar-refractivity contribution in [2.45, 2.75) is 5.41 Å². The number of Topliss-reactive ketones (excluding diaryl/α,β-unsaturated/α-hetero) is 1. The largest absolute Gasteiger partial charge is 0.324 e. The molecule has 1 atom stereocenters. The van der Waals surface area contributed by atoms with Crippen molar-refractivity contribution in [3.05, 3.63) is 88.1 Å². The summed E-state index contributed by atoms with van der Waals surface area (Å²) in [6.45, 7) is 0. The van der Waals surface area contributed by atoms with Crippen LogP contribution in [0.15, 0.2) is 72.1 Å². The summed E-state index contributed by atoms with van der Waals surface area (Å²) in [7, 11) is 0. The number of anilines is 1. The van der Waals surface area contributed by atoms with E-state index in [1.165, 1.54) is 11.3 Å². The number of thiophene rings is 1. The van der Waals surface area contributed by atoms with Crippen LogP contribution in [0.3, 0.4) is 0 Å². The Balaban J connectivity index is 2.04. The van der Waals surface area contributed by atoms with Crippen molar-refractivity contribution in [3.63, 3.8) is 0 Å². The Morgan fingerprint density at radius 3 is 2.30 bits per heavy atom. The molecular formula is C19H13NO2S. The molecule has 0 saturated heterocycles. The number of benzene rings is 2. The van der Waals surface area contributed by atoms with Gasteiger partial charge in [-0.1, -0.05) is 48.5 Å². The van der Waals surface area contributed by atoms with Gasteiger partial charge in [-0.25, -0.2) is 0 Å². The number of fused-ring (bicyclic) bond motifs is 1. The van der Waals surface area contributed by atoms with Crippen molar-refractivity contribution in [2.75, 3.05) is 5.32 Å². The fraction of sp³-hybridized carbons (Fsp3) is 0.0526.